The number of rotatable bonds is 8. The third-order valence-corrected chi connectivity index (χ3v) is 7.39. The average Bonchev–Trinajstić information content (AvgIpc) is 3.51. The van der Waals surface area contributed by atoms with Crippen LogP contribution in [0.5, 0.6) is 0 Å². The summed E-state index contributed by atoms with van der Waals surface area (Å²) in [6, 6.07) is 25.4. The van der Waals surface area contributed by atoms with Gasteiger partial charge in [0.15, 0.2) is 11.0 Å². The van der Waals surface area contributed by atoms with Crippen LogP contribution in [0.15, 0.2) is 88.5 Å². The van der Waals surface area contributed by atoms with Gasteiger partial charge in [-0.1, -0.05) is 76.2 Å². The summed E-state index contributed by atoms with van der Waals surface area (Å²) in [6.07, 6.45) is 1.16. The molecule has 2 amide bonds. The lowest BCUT2D eigenvalue weighted by atomic mass is 10.1. The van der Waals surface area contributed by atoms with E-state index < -0.39 is 0 Å². The molecule has 0 fully saturated rings. The maximum absolute atomic E-state index is 13.1. The number of carbonyl (C=O) groups excluding carboxylic acids is 2. The van der Waals surface area contributed by atoms with Gasteiger partial charge < -0.3 is 10.2 Å². The first-order valence-corrected chi connectivity index (χ1v) is 13.4. The molecule has 1 aromatic heterocycles. The standard InChI is InChI=1S/C27H24BrN5O2S/c28-21-10-12-22(13-11-21)33-24(17-29-25(34)16-19-6-2-1-3-7-19)30-31-27(33)36-18-26(35)32-15-14-20-8-4-5-9-23(20)32/h1-13H,14-18H2,(H,29,34). The number of nitrogens with one attached hydrogen (secondary N) is 1. The Morgan fingerprint density at radius 2 is 1.69 bits per heavy atom. The van der Waals surface area contributed by atoms with Crippen molar-refractivity contribution in [2.45, 2.75) is 24.5 Å². The topological polar surface area (TPSA) is 80.1 Å². The Morgan fingerprint density at radius 1 is 0.944 bits per heavy atom. The number of aromatic nitrogens is 3. The highest BCUT2D eigenvalue weighted by Crippen LogP contribution is 2.29. The van der Waals surface area contributed by atoms with E-state index in [1.165, 1.54) is 17.3 Å². The Balaban J connectivity index is 1.31. The van der Waals surface area contributed by atoms with Gasteiger partial charge in [0.25, 0.3) is 0 Å². The van der Waals surface area contributed by atoms with E-state index in [0.717, 1.165) is 27.8 Å². The predicted molar refractivity (Wildman–Crippen MR) is 144 cm³/mol. The molecule has 7 nitrogen and oxygen atoms in total. The molecule has 0 saturated heterocycles. The normalized spacial score (nSPS) is 12.4. The molecule has 3 aromatic carbocycles. The number of anilines is 1. The molecule has 0 atom stereocenters. The second kappa shape index (κ2) is 11.1. The fraction of sp³-hybridized carbons (Fsp3) is 0.185. The maximum Gasteiger partial charge on any atom is 0.237 e. The molecule has 0 radical (unpaired) electrons. The van der Waals surface area contributed by atoms with Crippen LogP contribution in [0.4, 0.5) is 5.69 Å². The third-order valence-electron chi connectivity index (χ3n) is 5.95. The molecule has 5 rings (SSSR count). The van der Waals surface area contributed by atoms with Crippen molar-refractivity contribution in [3.05, 3.63) is 100 Å². The number of thioether (sulfide) groups is 1. The third kappa shape index (κ3) is 5.52. The number of para-hydroxylation sites is 1. The number of halogens is 1. The van der Waals surface area contributed by atoms with E-state index in [9.17, 15) is 9.59 Å². The van der Waals surface area contributed by atoms with Crippen LogP contribution >= 0.6 is 27.7 Å². The monoisotopic (exact) mass is 561 g/mol. The van der Waals surface area contributed by atoms with Gasteiger partial charge in [0, 0.05) is 22.4 Å². The summed E-state index contributed by atoms with van der Waals surface area (Å²) >= 11 is 4.82. The van der Waals surface area contributed by atoms with E-state index in [1.807, 2.05) is 82.3 Å². The zero-order valence-electron chi connectivity index (χ0n) is 19.4. The molecule has 0 unspecified atom stereocenters. The first-order chi connectivity index (χ1) is 17.6. The Morgan fingerprint density at radius 3 is 2.50 bits per heavy atom. The lowest BCUT2D eigenvalue weighted by molar-refractivity contribution is -0.120. The number of fused-ring (bicyclic) bond motifs is 1. The van der Waals surface area contributed by atoms with Crippen LogP contribution in [-0.2, 0) is 29.0 Å². The van der Waals surface area contributed by atoms with Crippen LogP contribution in [0.3, 0.4) is 0 Å². The Labute approximate surface area is 222 Å². The van der Waals surface area contributed by atoms with Gasteiger partial charge in [-0.2, -0.15) is 0 Å². The van der Waals surface area contributed by atoms with E-state index in [-0.39, 0.29) is 24.1 Å². The Kier molecular flexibility index (Phi) is 7.48. The van der Waals surface area contributed by atoms with Crippen molar-refractivity contribution in [2.24, 2.45) is 0 Å². The van der Waals surface area contributed by atoms with Gasteiger partial charge in [0.2, 0.25) is 11.8 Å². The quantitative estimate of drug-likeness (QED) is 0.319. The van der Waals surface area contributed by atoms with Crippen molar-refractivity contribution >= 4 is 45.2 Å². The van der Waals surface area contributed by atoms with Gasteiger partial charge in [-0.3, -0.25) is 14.2 Å². The molecule has 9 heteroatoms. The average molecular weight is 562 g/mol. The second-order valence-electron chi connectivity index (χ2n) is 8.36. The van der Waals surface area contributed by atoms with Gasteiger partial charge in [-0.15, -0.1) is 10.2 Å². The first kappa shape index (κ1) is 24.3. The maximum atomic E-state index is 13.1. The smallest absolute Gasteiger partial charge is 0.237 e. The second-order valence-corrected chi connectivity index (χ2v) is 10.2. The fourth-order valence-corrected chi connectivity index (χ4v) is 5.29. The largest absolute Gasteiger partial charge is 0.348 e. The van der Waals surface area contributed by atoms with Crippen molar-refractivity contribution in [3.63, 3.8) is 0 Å². The number of nitrogens with zero attached hydrogens (tertiary/aromatic N) is 4. The molecule has 0 bridgehead atoms. The van der Waals surface area contributed by atoms with Crippen LogP contribution < -0.4 is 10.2 Å². The summed E-state index contributed by atoms with van der Waals surface area (Å²) in [5, 5.41) is 12.3. The van der Waals surface area contributed by atoms with Gasteiger partial charge in [0.1, 0.15) is 0 Å². The van der Waals surface area contributed by atoms with Gasteiger partial charge in [-0.05, 0) is 47.9 Å². The molecule has 1 aliphatic heterocycles. The van der Waals surface area contributed by atoms with Gasteiger partial charge >= 0.3 is 0 Å². The van der Waals surface area contributed by atoms with Crippen molar-refractivity contribution < 1.29 is 9.59 Å². The Bertz CT molecular complexity index is 1370. The lowest BCUT2D eigenvalue weighted by Crippen LogP contribution is -2.30. The number of carbonyl (C=O) groups is 2. The Hall–Kier alpha value is -3.43. The summed E-state index contributed by atoms with van der Waals surface area (Å²) in [5.74, 6) is 0.778. The van der Waals surface area contributed by atoms with E-state index in [2.05, 4.69) is 37.5 Å². The fourth-order valence-electron chi connectivity index (χ4n) is 4.18. The van der Waals surface area contributed by atoms with Gasteiger partial charge in [0.05, 0.1) is 18.7 Å². The number of amides is 2. The zero-order valence-corrected chi connectivity index (χ0v) is 21.8. The van der Waals surface area contributed by atoms with E-state index in [0.29, 0.717) is 23.9 Å². The summed E-state index contributed by atoms with van der Waals surface area (Å²) in [5.41, 5.74) is 3.99. The molecule has 1 aliphatic rings. The molecule has 1 N–H and O–H groups in total. The highest BCUT2D eigenvalue weighted by Gasteiger charge is 2.25. The van der Waals surface area contributed by atoms with Crippen molar-refractivity contribution in [1.82, 2.24) is 20.1 Å². The van der Waals surface area contributed by atoms with Crippen molar-refractivity contribution in [3.8, 4) is 5.69 Å². The highest BCUT2D eigenvalue weighted by atomic mass is 79.9. The number of hydrogen-bond donors (Lipinski definition) is 1. The minimum Gasteiger partial charge on any atom is -0.348 e. The molecule has 4 aromatic rings. The molecule has 2 heterocycles. The predicted octanol–water partition coefficient (Wildman–Crippen LogP) is 4.57. The van der Waals surface area contributed by atoms with Gasteiger partial charge in [-0.25, -0.2) is 0 Å². The zero-order chi connectivity index (χ0) is 24.9. The van der Waals surface area contributed by atoms with Crippen molar-refractivity contribution in [1.29, 1.82) is 0 Å². The summed E-state index contributed by atoms with van der Waals surface area (Å²) < 4.78 is 2.85. The van der Waals surface area contributed by atoms with E-state index >= 15 is 0 Å². The van der Waals surface area contributed by atoms with Crippen LogP contribution in [-0.4, -0.2) is 38.9 Å². The van der Waals surface area contributed by atoms with E-state index in [1.54, 1.807) is 0 Å². The first-order valence-electron chi connectivity index (χ1n) is 11.6. The molecule has 0 spiro atoms. The highest BCUT2D eigenvalue weighted by molar-refractivity contribution is 9.10. The molecule has 0 aliphatic carbocycles. The van der Waals surface area contributed by atoms with E-state index in [4.69, 9.17) is 0 Å². The van der Waals surface area contributed by atoms with Crippen molar-refractivity contribution in [2.75, 3.05) is 17.2 Å². The minimum atomic E-state index is -0.0939. The van der Waals surface area contributed by atoms with Crippen LogP contribution in [0.2, 0.25) is 0 Å². The summed E-state index contributed by atoms with van der Waals surface area (Å²) in [6.45, 7) is 0.916. The lowest BCUT2D eigenvalue weighted by Gasteiger charge is -2.17. The SMILES string of the molecule is O=C(Cc1ccccc1)NCc1nnc(SCC(=O)N2CCc3ccccc32)n1-c1ccc(Br)cc1. The molecule has 36 heavy (non-hydrogen) atoms. The molecular formula is C27H24BrN5O2S. The van der Waals surface area contributed by atoms with Crippen LogP contribution in [0, 0.1) is 0 Å². The summed E-state index contributed by atoms with van der Waals surface area (Å²) in [7, 11) is 0. The molecule has 182 valence electrons. The van der Waals surface area contributed by atoms with Crippen LogP contribution in [0.25, 0.3) is 5.69 Å². The number of hydrogen-bond acceptors (Lipinski definition) is 5. The van der Waals surface area contributed by atoms with Crippen LogP contribution in [0.1, 0.15) is 17.0 Å². The molecule has 0 saturated carbocycles. The number of benzene rings is 3. The summed E-state index contributed by atoms with van der Waals surface area (Å²) in [4.78, 5) is 27.4. The minimum absolute atomic E-state index is 0.0352. The molecular weight excluding hydrogens is 538 g/mol.